The van der Waals surface area contributed by atoms with Crippen LogP contribution >= 0.6 is 0 Å². The highest BCUT2D eigenvalue weighted by Crippen LogP contribution is 2.29. The van der Waals surface area contributed by atoms with Crippen molar-refractivity contribution in [2.75, 3.05) is 11.9 Å². The van der Waals surface area contributed by atoms with Crippen molar-refractivity contribution in [2.24, 2.45) is 7.05 Å². The van der Waals surface area contributed by atoms with Crippen molar-refractivity contribution >= 4 is 28.4 Å². The average molecular weight is 483 g/mol. The number of rotatable bonds is 8. The van der Waals surface area contributed by atoms with Crippen molar-refractivity contribution in [3.63, 3.8) is 0 Å². The lowest BCUT2D eigenvalue weighted by atomic mass is 10.1. The molecular weight excluding hydrogens is 456 g/mol. The zero-order valence-electron chi connectivity index (χ0n) is 20.2. The Hall–Kier alpha value is -4.73. The fraction of sp³-hybridized carbons (Fsp3) is 0.192. The Morgan fingerprint density at radius 3 is 2.64 bits per heavy atom. The molecule has 0 saturated heterocycles. The summed E-state index contributed by atoms with van der Waals surface area (Å²) < 4.78 is 7.40. The molecular formula is C26H26N8O2. The van der Waals surface area contributed by atoms with Gasteiger partial charge in [-0.05, 0) is 43.7 Å². The van der Waals surface area contributed by atoms with Gasteiger partial charge in [0.1, 0.15) is 11.6 Å². The van der Waals surface area contributed by atoms with Gasteiger partial charge < -0.3 is 15.4 Å². The van der Waals surface area contributed by atoms with Crippen LogP contribution in [-0.4, -0.2) is 48.5 Å². The van der Waals surface area contributed by atoms with E-state index < -0.39 is 0 Å². The Balaban J connectivity index is 1.42. The summed E-state index contributed by atoms with van der Waals surface area (Å²) in [5.74, 6) is 1.54. The van der Waals surface area contributed by atoms with Gasteiger partial charge in [0.25, 0.3) is 5.91 Å². The number of carbonyl (C=O) groups excluding carboxylic acids is 1. The lowest BCUT2D eigenvalue weighted by Gasteiger charge is -2.12. The highest BCUT2D eigenvalue weighted by Gasteiger charge is 2.14. The molecule has 0 atom stereocenters. The molecule has 0 unspecified atom stereocenters. The van der Waals surface area contributed by atoms with Crippen LogP contribution in [0.5, 0.6) is 5.75 Å². The van der Waals surface area contributed by atoms with Gasteiger partial charge in [-0.3, -0.25) is 14.6 Å². The third-order valence-electron chi connectivity index (χ3n) is 5.48. The summed E-state index contributed by atoms with van der Waals surface area (Å²) in [6.45, 7) is 3.75. The zero-order chi connectivity index (χ0) is 25.1. The van der Waals surface area contributed by atoms with Gasteiger partial charge in [0.2, 0.25) is 0 Å². The smallest absolute Gasteiger partial charge is 0.258 e. The van der Waals surface area contributed by atoms with E-state index in [1.807, 2.05) is 69.6 Å². The Morgan fingerprint density at radius 1 is 1.06 bits per heavy atom. The van der Waals surface area contributed by atoms with Gasteiger partial charge in [-0.2, -0.15) is 10.2 Å². The van der Waals surface area contributed by atoms with Gasteiger partial charge in [-0.1, -0.05) is 24.3 Å². The van der Waals surface area contributed by atoms with Crippen LogP contribution in [0.1, 0.15) is 13.8 Å². The maximum atomic E-state index is 12.0. The fourth-order valence-electron chi connectivity index (χ4n) is 3.78. The highest BCUT2D eigenvalue weighted by atomic mass is 16.5. The average Bonchev–Trinajstić information content (AvgIpc) is 3.54. The molecule has 10 nitrogen and oxygen atoms in total. The van der Waals surface area contributed by atoms with E-state index in [4.69, 9.17) is 14.7 Å². The third kappa shape index (κ3) is 5.02. The number of nitrogens with zero attached hydrogens (tertiary/aromatic N) is 5. The number of aryl methyl sites for hydroxylation is 1. The first-order valence-corrected chi connectivity index (χ1v) is 11.5. The summed E-state index contributed by atoms with van der Waals surface area (Å²) in [4.78, 5) is 21.5. The van der Waals surface area contributed by atoms with Crippen LogP contribution in [0.3, 0.4) is 0 Å². The number of amides is 1. The van der Waals surface area contributed by atoms with Gasteiger partial charge in [0.05, 0.1) is 17.8 Å². The summed E-state index contributed by atoms with van der Waals surface area (Å²) in [5.41, 5.74) is 4.41. The van der Waals surface area contributed by atoms with Crippen molar-refractivity contribution in [1.29, 1.82) is 0 Å². The molecule has 5 rings (SSSR count). The summed E-state index contributed by atoms with van der Waals surface area (Å²) in [6, 6.07) is 15.5. The second-order valence-corrected chi connectivity index (χ2v) is 8.63. The Kier molecular flexibility index (Phi) is 6.31. The number of fused-ring (bicyclic) bond motifs is 1. The number of hydrogen-bond acceptors (Lipinski definition) is 7. The number of carbonyl (C=O) groups is 1. The van der Waals surface area contributed by atoms with E-state index in [-0.39, 0.29) is 18.6 Å². The molecule has 182 valence electrons. The van der Waals surface area contributed by atoms with Crippen LogP contribution < -0.4 is 15.4 Å². The molecule has 3 heterocycles. The first-order chi connectivity index (χ1) is 17.5. The predicted molar refractivity (Wildman–Crippen MR) is 138 cm³/mol. The van der Waals surface area contributed by atoms with Crippen molar-refractivity contribution in [1.82, 2.24) is 35.3 Å². The van der Waals surface area contributed by atoms with E-state index in [9.17, 15) is 4.79 Å². The molecule has 5 aromatic rings. The number of anilines is 2. The first kappa shape index (κ1) is 23.0. The van der Waals surface area contributed by atoms with Crippen molar-refractivity contribution in [2.45, 2.75) is 19.9 Å². The standard InChI is InChI=1S/C26H26N8O2/c1-16(2)30-23(35)15-36-21-6-4-5-18(11-21)24-32-25(22-14-29-34(3)26(22)33-24)31-20-9-7-17(8-10-20)19-12-27-28-13-19/h4-14,16H,15H2,1-3H3,(H,27,28)(H,30,35)(H,31,32,33). The fourth-order valence-corrected chi connectivity index (χ4v) is 3.78. The van der Waals surface area contributed by atoms with Crippen molar-refractivity contribution in [3.05, 3.63) is 67.1 Å². The molecule has 0 fully saturated rings. The van der Waals surface area contributed by atoms with Gasteiger partial charge in [-0.15, -0.1) is 0 Å². The molecule has 2 aromatic carbocycles. The molecule has 0 aliphatic rings. The van der Waals surface area contributed by atoms with E-state index in [2.05, 4.69) is 25.9 Å². The molecule has 0 radical (unpaired) electrons. The first-order valence-electron chi connectivity index (χ1n) is 11.5. The number of benzene rings is 2. The summed E-state index contributed by atoms with van der Waals surface area (Å²) >= 11 is 0. The van der Waals surface area contributed by atoms with Gasteiger partial charge in [0, 0.05) is 36.1 Å². The second-order valence-electron chi connectivity index (χ2n) is 8.63. The number of aromatic nitrogens is 6. The number of hydrogen-bond donors (Lipinski definition) is 3. The van der Waals surface area contributed by atoms with Crippen molar-refractivity contribution < 1.29 is 9.53 Å². The number of ether oxygens (including phenoxy) is 1. The Bertz CT molecular complexity index is 1490. The molecule has 10 heteroatoms. The van der Waals surface area contributed by atoms with Crippen LogP contribution in [0, 0.1) is 0 Å². The zero-order valence-corrected chi connectivity index (χ0v) is 20.2. The number of nitrogens with one attached hydrogen (secondary N) is 3. The summed E-state index contributed by atoms with van der Waals surface area (Å²) in [7, 11) is 1.84. The van der Waals surface area contributed by atoms with Crippen LogP contribution in [-0.2, 0) is 11.8 Å². The lowest BCUT2D eigenvalue weighted by Crippen LogP contribution is -2.34. The molecule has 0 aliphatic carbocycles. The normalized spacial score (nSPS) is 11.1. The highest BCUT2D eigenvalue weighted by molar-refractivity contribution is 5.90. The molecule has 0 saturated carbocycles. The van der Waals surface area contributed by atoms with Gasteiger partial charge >= 0.3 is 0 Å². The maximum Gasteiger partial charge on any atom is 0.258 e. The molecule has 0 aliphatic heterocycles. The quantitative estimate of drug-likeness (QED) is 0.305. The van der Waals surface area contributed by atoms with Crippen LogP contribution in [0.2, 0.25) is 0 Å². The van der Waals surface area contributed by atoms with E-state index in [0.717, 1.165) is 27.8 Å². The molecule has 36 heavy (non-hydrogen) atoms. The van der Waals surface area contributed by atoms with Crippen LogP contribution in [0.25, 0.3) is 33.5 Å². The minimum Gasteiger partial charge on any atom is -0.484 e. The lowest BCUT2D eigenvalue weighted by molar-refractivity contribution is -0.123. The van der Waals surface area contributed by atoms with Gasteiger partial charge in [-0.25, -0.2) is 9.97 Å². The molecule has 3 N–H and O–H groups in total. The van der Waals surface area contributed by atoms with E-state index >= 15 is 0 Å². The second kappa shape index (κ2) is 9.87. The van der Waals surface area contributed by atoms with E-state index in [1.54, 1.807) is 23.1 Å². The largest absolute Gasteiger partial charge is 0.484 e. The van der Waals surface area contributed by atoms with Crippen LogP contribution in [0.15, 0.2) is 67.1 Å². The SMILES string of the molecule is CC(C)NC(=O)COc1cccc(-c2nc(Nc3ccc(-c4cn[nH]c4)cc3)c3cnn(C)c3n2)c1. The number of H-pyrrole nitrogens is 1. The topological polar surface area (TPSA) is 123 Å². The van der Waals surface area contributed by atoms with Gasteiger partial charge in [0.15, 0.2) is 18.1 Å². The van der Waals surface area contributed by atoms with Crippen LogP contribution in [0.4, 0.5) is 11.5 Å². The Morgan fingerprint density at radius 2 is 1.89 bits per heavy atom. The van der Waals surface area contributed by atoms with E-state index in [1.165, 1.54) is 0 Å². The molecule has 0 bridgehead atoms. The maximum absolute atomic E-state index is 12.0. The summed E-state index contributed by atoms with van der Waals surface area (Å²) in [6.07, 6.45) is 5.38. The van der Waals surface area contributed by atoms with E-state index in [0.29, 0.717) is 23.0 Å². The monoisotopic (exact) mass is 482 g/mol. The van der Waals surface area contributed by atoms with Crippen molar-refractivity contribution in [3.8, 4) is 28.3 Å². The third-order valence-corrected chi connectivity index (χ3v) is 5.48. The molecule has 3 aromatic heterocycles. The minimum atomic E-state index is -0.173. The minimum absolute atomic E-state index is 0.0548. The predicted octanol–water partition coefficient (Wildman–Crippen LogP) is 4.07. The summed E-state index contributed by atoms with van der Waals surface area (Å²) in [5, 5.41) is 18.2. The molecule has 0 spiro atoms. The number of aromatic amines is 1. The Labute approximate surface area is 207 Å². The molecule has 1 amide bonds.